The van der Waals surface area contributed by atoms with E-state index in [0.29, 0.717) is 17.4 Å². The van der Waals surface area contributed by atoms with Gasteiger partial charge in [-0.3, -0.25) is 0 Å². The lowest BCUT2D eigenvalue weighted by Gasteiger charge is -2.14. The fourth-order valence-electron chi connectivity index (χ4n) is 1.87. The van der Waals surface area contributed by atoms with Crippen molar-refractivity contribution in [2.75, 3.05) is 24.7 Å². The maximum absolute atomic E-state index is 11.2. The topological polar surface area (TPSA) is 67.4 Å². The van der Waals surface area contributed by atoms with Crippen molar-refractivity contribution in [1.29, 1.82) is 0 Å². The van der Waals surface area contributed by atoms with Gasteiger partial charge in [-0.25, -0.2) is 8.42 Å². The van der Waals surface area contributed by atoms with Gasteiger partial charge in [-0.1, -0.05) is 0 Å². The van der Waals surface area contributed by atoms with Crippen molar-refractivity contribution in [2.45, 2.75) is 18.9 Å². The lowest BCUT2D eigenvalue weighted by atomic mass is 10.2. The van der Waals surface area contributed by atoms with Crippen LogP contribution in [0, 0.1) is 0 Å². The van der Waals surface area contributed by atoms with Gasteiger partial charge in [-0.2, -0.15) is 0 Å². The molecule has 2 heterocycles. The van der Waals surface area contributed by atoms with Crippen LogP contribution >= 0.6 is 12.2 Å². The van der Waals surface area contributed by atoms with E-state index in [1.54, 1.807) is 6.08 Å². The molecule has 1 unspecified atom stereocenters. The Morgan fingerprint density at radius 2 is 2.41 bits per heavy atom. The average Bonchev–Trinajstić information content (AvgIpc) is 2.85. The third-order valence-electron chi connectivity index (χ3n) is 2.75. The highest BCUT2D eigenvalue weighted by Crippen LogP contribution is 2.11. The Hall–Kier alpha value is -0.660. The molecule has 0 spiro atoms. The van der Waals surface area contributed by atoms with Crippen LogP contribution < -0.4 is 10.6 Å². The summed E-state index contributed by atoms with van der Waals surface area (Å²) >= 11 is 5.09. The Labute approximate surface area is 107 Å². The van der Waals surface area contributed by atoms with Crippen LogP contribution in [0.1, 0.15) is 12.8 Å². The Morgan fingerprint density at radius 3 is 3.00 bits per heavy atom. The third kappa shape index (κ3) is 3.93. The summed E-state index contributed by atoms with van der Waals surface area (Å²) < 4.78 is 27.9. The maximum Gasteiger partial charge on any atom is 0.170 e. The van der Waals surface area contributed by atoms with E-state index in [0.717, 1.165) is 19.4 Å². The Kier molecular flexibility index (Phi) is 4.01. The maximum atomic E-state index is 11.2. The summed E-state index contributed by atoms with van der Waals surface area (Å²) in [6, 6.07) is 0. The highest BCUT2D eigenvalue weighted by Gasteiger charge is 2.20. The third-order valence-corrected chi connectivity index (χ3v) is 4.42. The van der Waals surface area contributed by atoms with Crippen LogP contribution in [0.25, 0.3) is 0 Å². The van der Waals surface area contributed by atoms with Gasteiger partial charge >= 0.3 is 0 Å². The molecule has 0 bridgehead atoms. The smallest absolute Gasteiger partial charge is 0.170 e. The summed E-state index contributed by atoms with van der Waals surface area (Å²) in [7, 11) is -2.94. The minimum Gasteiger partial charge on any atom is -0.376 e. The summed E-state index contributed by atoms with van der Waals surface area (Å²) in [5.41, 5.74) is 0.662. The summed E-state index contributed by atoms with van der Waals surface area (Å²) in [5, 5.41) is 6.41. The van der Waals surface area contributed by atoms with E-state index in [4.69, 9.17) is 17.0 Å². The van der Waals surface area contributed by atoms with Gasteiger partial charge in [0.25, 0.3) is 0 Å². The van der Waals surface area contributed by atoms with Gasteiger partial charge in [-0.05, 0) is 31.1 Å². The Bertz CT molecular complexity index is 425. The lowest BCUT2D eigenvalue weighted by Crippen LogP contribution is -2.39. The molecule has 1 atom stereocenters. The first-order chi connectivity index (χ1) is 8.05. The van der Waals surface area contributed by atoms with Crippen molar-refractivity contribution in [3.8, 4) is 0 Å². The van der Waals surface area contributed by atoms with Gasteiger partial charge in [0.05, 0.1) is 17.6 Å². The van der Waals surface area contributed by atoms with Crippen LogP contribution in [0.3, 0.4) is 0 Å². The van der Waals surface area contributed by atoms with Crippen molar-refractivity contribution in [3.63, 3.8) is 0 Å². The second kappa shape index (κ2) is 5.32. The van der Waals surface area contributed by atoms with Crippen molar-refractivity contribution >= 4 is 27.2 Å². The molecule has 0 saturated carbocycles. The molecule has 17 heavy (non-hydrogen) atoms. The highest BCUT2D eigenvalue weighted by atomic mass is 32.2. The summed E-state index contributed by atoms with van der Waals surface area (Å²) in [6.45, 7) is 1.49. The first kappa shape index (κ1) is 12.8. The van der Waals surface area contributed by atoms with Crippen LogP contribution in [0.2, 0.25) is 0 Å². The van der Waals surface area contributed by atoms with E-state index in [2.05, 4.69) is 10.6 Å². The zero-order chi connectivity index (χ0) is 12.3. The zero-order valence-corrected chi connectivity index (χ0v) is 11.1. The minimum absolute atomic E-state index is 0.0503. The highest BCUT2D eigenvalue weighted by molar-refractivity contribution is 7.92. The van der Waals surface area contributed by atoms with Crippen LogP contribution in [0.5, 0.6) is 0 Å². The minimum atomic E-state index is -2.94. The predicted molar refractivity (Wildman–Crippen MR) is 69.4 cm³/mol. The van der Waals surface area contributed by atoms with E-state index in [9.17, 15) is 8.42 Å². The second-order valence-electron chi connectivity index (χ2n) is 4.25. The fourth-order valence-corrected chi connectivity index (χ4v) is 3.32. The molecule has 0 aromatic heterocycles. The van der Waals surface area contributed by atoms with Gasteiger partial charge in [0.15, 0.2) is 14.9 Å². The molecule has 0 aromatic carbocycles. The number of ether oxygens (including phenoxy) is 1. The monoisotopic (exact) mass is 276 g/mol. The quantitative estimate of drug-likeness (QED) is 0.704. The molecule has 0 aliphatic carbocycles. The number of nitrogens with one attached hydrogen (secondary N) is 2. The van der Waals surface area contributed by atoms with Crippen LogP contribution in [-0.4, -0.2) is 44.3 Å². The SMILES string of the molecule is O=S1(=O)CC=C(NC(=S)NCC2CCCO2)C1. The first-order valence-corrected chi connectivity index (χ1v) is 7.84. The predicted octanol–water partition coefficient (Wildman–Crippen LogP) is -0.0582. The van der Waals surface area contributed by atoms with Crippen LogP contribution in [-0.2, 0) is 14.6 Å². The van der Waals surface area contributed by atoms with Crippen molar-refractivity contribution < 1.29 is 13.2 Å². The fraction of sp³-hybridized carbons (Fsp3) is 0.700. The molecule has 96 valence electrons. The van der Waals surface area contributed by atoms with E-state index < -0.39 is 9.84 Å². The summed E-state index contributed by atoms with van der Waals surface area (Å²) in [5.74, 6) is 0.151. The first-order valence-electron chi connectivity index (χ1n) is 5.61. The van der Waals surface area contributed by atoms with Crippen molar-refractivity contribution in [2.24, 2.45) is 0 Å². The largest absolute Gasteiger partial charge is 0.376 e. The van der Waals surface area contributed by atoms with E-state index in [-0.39, 0.29) is 17.6 Å². The molecule has 2 aliphatic rings. The molecule has 0 radical (unpaired) electrons. The van der Waals surface area contributed by atoms with E-state index >= 15 is 0 Å². The van der Waals surface area contributed by atoms with Crippen molar-refractivity contribution in [3.05, 3.63) is 11.8 Å². The molecule has 2 aliphatic heterocycles. The summed E-state index contributed by atoms with van der Waals surface area (Å²) in [6.07, 6.45) is 4.02. The standard InChI is InChI=1S/C10H16N2O3S2/c13-17(14)5-3-8(7-17)12-10(16)11-6-9-2-1-4-15-9/h3,9H,1-2,4-7H2,(H2,11,12,16). The Balaban J connectivity index is 1.71. The molecular weight excluding hydrogens is 260 g/mol. The molecule has 0 aromatic rings. The zero-order valence-electron chi connectivity index (χ0n) is 9.44. The van der Waals surface area contributed by atoms with Gasteiger partial charge in [-0.15, -0.1) is 0 Å². The van der Waals surface area contributed by atoms with Crippen molar-refractivity contribution in [1.82, 2.24) is 10.6 Å². The van der Waals surface area contributed by atoms with Crippen LogP contribution in [0.15, 0.2) is 11.8 Å². The van der Waals surface area contributed by atoms with Gasteiger partial charge < -0.3 is 15.4 Å². The molecule has 7 heteroatoms. The molecule has 2 rings (SSSR count). The lowest BCUT2D eigenvalue weighted by molar-refractivity contribution is 0.114. The van der Waals surface area contributed by atoms with E-state index in [1.165, 1.54) is 0 Å². The number of rotatable bonds is 3. The molecule has 2 N–H and O–H groups in total. The summed E-state index contributed by atoms with van der Waals surface area (Å²) in [4.78, 5) is 0. The van der Waals surface area contributed by atoms with Gasteiger partial charge in [0.1, 0.15) is 0 Å². The number of sulfone groups is 1. The molecule has 1 fully saturated rings. The normalized spacial score (nSPS) is 26.6. The molecule has 0 amide bonds. The average molecular weight is 276 g/mol. The van der Waals surface area contributed by atoms with E-state index in [1.807, 2.05) is 0 Å². The Morgan fingerprint density at radius 1 is 1.59 bits per heavy atom. The van der Waals surface area contributed by atoms with Gasteiger partial charge in [0, 0.05) is 18.8 Å². The number of hydrogen-bond donors (Lipinski definition) is 2. The van der Waals surface area contributed by atoms with Gasteiger partial charge in [0.2, 0.25) is 0 Å². The molecule has 1 saturated heterocycles. The molecular formula is C10H16N2O3S2. The number of thiocarbonyl (C=S) groups is 1. The second-order valence-corrected chi connectivity index (χ2v) is 6.77. The molecule has 5 nitrogen and oxygen atoms in total. The van der Waals surface area contributed by atoms with Crippen LogP contribution in [0.4, 0.5) is 0 Å². The number of hydrogen-bond acceptors (Lipinski definition) is 4.